The summed E-state index contributed by atoms with van der Waals surface area (Å²) in [5.41, 5.74) is 0.553. The topological polar surface area (TPSA) is 58.6 Å². The van der Waals surface area contributed by atoms with Gasteiger partial charge in [0, 0.05) is 19.6 Å². The fourth-order valence-corrected chi connectivity index (χ4v) is 2.16. The van der Waals surface area contributed by atoms with Crippen molar-refractivity contribution in [1.29, 1.82) is 0 Å². The lowest BCUT2D eigenvalue weighted by molar-refractivity contribution is -0.139. The van der Waals surface area contributed by atoms with Gasteiger partial charge in [-0.05, 0) is 18.1 Å². The van der Waals surface area contributed by atoms with Gasteiger partial charge >= 0.3 is 0 Å². The first-order valence-corrected chi connectivity index (χ1v) is 7.02. The monoisotopic (exact) mass is 294 g/mol. The number of ether oxygens (including phenoxy) is 1. The Labute approximate surface area is 123 Å². The normalized spacial score (nSPS) is 14.8. The zero-order valence-electron chi connectivity index (χ0n) is 11.8. The van der Waals surface area contributed by atoms with Crippen LogP contribution in [-0.2, 0) is 20.7 Å². The lowest BCUT2D eigenvalue weighted by Crippen LogP contribution is -2.42. The molecule has 21 heavy (non-hydrogen) atoms. The highest BCUT2D eigenvalue weighted by atomic mass is 19.1. The van der Waals surface area contributed by atoms with Gasteiger partial charge in [0.2, 0.25) is 11.8 Å². The van der Waals surface area contributed by atoms with E-state index in [0.717, 1.165) is 0 Å². The number of halogens is 1. The summed E-state index contributed by atoms with van der Waals surface area (Å²) >= 11 is 0. The van der Waals surface area contributed by atoms with Crippen molar-refractivity contribution >= 4 is 11.8 Å². The Hall–Kier alpha value is -1.95. The van der Waals surface area contributed by atoms with Crippen molar-refractivity contribution in [3.8, 4) is 0 Å². The SMILES string of the molecule is O=C(CC(=O)N1CCOCC1)NCCc1ccccc1F. The minimum absolute atomic E-state index is 0.169. The van der Waals surface area contributed by atoms with Crippen molar-refractivity contribution in [1.82, 2.24) is 10.2 Å². The number of nitrogens with zero attached hydrogens (tertiary/aromatic N) is 1. The molecule has 0 aliphatic carbocycles. The van der Waals surface area contributed by atoms with E-state index in [1.165, 1.54) is 6.07 Å². The van der Waals surface area contributed by atoms with E-state index in [1.54, 1.807) is 23.1 Å². The van der Waals surface area contributed by atoms with Gasteiger partial charge in [-0.25, -0.2) is 4.39 Å². The van der Waals surface area contributed by atoms with Gasteiger partial charge in [-0.1, -0.05) is 18.2 Å². The van der Waals surface area contributed by atoms with Gasteiger partial charge < -0.3 is 15.0 Å². The maximum Gasteiger partial charge on any atom is 0.232 e. The van der Waals surface area contributed by atoms with Crippen molar-refractivity contribution in [3.05, 3.63) is 35.6 Å². The Morgan fingerprint density at radius 1 is 1.24 bits per heavy atom. The number of morpholine rings is 1. The molecule has 1 fully saturated rings. The molecule has 6 heteroatoms. The summed E-state index contributed by atoms with van der Waals surface area (Å²) in [6, 6.07) is 6.44. The molecule has 114 valence electrons. The van der Waals surface area contributed by atoms with E-state index in [1.807, 2.05) is 0 Å². The summed E-state index contributed by atoms with van der Waals surface area (Å²) in [5, 5.41) is 2.64. The Morgan fingerprint density at radius 3 is 2.67 bits per heavy atom. The molecule has 0 bridgehead atoms. The molecule has 2 rings (SSSR count). The number of rotatable bonds is 5. The molecule has 1 aromatic rings. The molecule has 0 radical (unpaired) electrons. The van der Waals surface area contributed by atoms with Crippen molar-refractivity contribution in [2.75, 3.05) is 32.8 Å². The van der Waals surface area contributed by atoms with Crippen molar-refractivity contribution < 1.29 is 18.7 Å². The molecule has 0 spiro atoms. The van der Waals surface area contributed by atoms with Crippen LogP contribution in [0.15, 0.2) is 24.3 Å². The van der Waals surface area contributed by atoms with Crippen LogP contribution in [0.25, 0.3) is 0 Å². The number of benzene rings is 1. The summed E-state index contributed by atoms with van der Waals surface area (Å²) in [6.45, 7) is 2.40. The minimum Gasteiger partial charge on any atom is -0.378 e. The van der Waals surface area contributed by atoms with E-state index < -0.39 is 0 Å². The Kier molecular flexibility index (Phi) is 5.68. The first-order chi connectivity index (χ1) is 10.2. The molecule has 0 saturated carbocycles. The number of nitrogens with one attached hydrogen (secondary N) is 1. The second-order valence-corrected chi connectivity index (χ2v) is 4.86. The number of carbonyl (C=O) groups is 2. The molecule has 5 nitrogen and oxygen atoms in total. The zero-order chi connectivity index (χ0) is 15.1. The maximum atomic E-state index is 13.4. The van der Waals surface area contributed by atoms with E-state index >= 15 is 0 Å². The van der Waals surface area contributed by atoms with E-state index in [0.29, 0.717) is 44.8 Å². The first-order valence-electron chi connectivity index (χ1n) is 7.02. The van der Waals surface area contributed by atoms with Gasteiger partial charge in [0.1, 0.15) is 12.2 Å². The van der Waals surface area contributed by atoms with Crippen LogP contribution in [0.3, 0.4) is 0 Å². The van der Waals surface area contributed by atoms with Gasteiger partial charge in [0.25, 0.3) is 0 Å². The average Bonchev–Trinajstić information content (AvgIpc) is 2.50. The Balaban J connectivity index is 1.70. The van der Waals surface area contributed by atoms with Crippen LogP contribution in [-0.4, -0.2) is 49.6 Å². The zero-order valence-corrected chi connectivity index (χ0v) is 11.8. The lowest BCUT2D eigenvalue weighted by Gasteiger charge is -2.26. The molecule has 1 heterocycles. The highest BCUT2D eigenvalue weighted by Crippen LogP contribution is 2.06. The van der Waals surface area contributed by atoms with E-state index in [9.17, 15) is 14.0 Å². The quantitative estimate of drug-likeness (QED) is 0.815. The molecule has 0 unspecified atom stereocenters. The van der Waals surface area contributed by atoms with E-state index in [-0.39, 0.29) is 24.1 Å². The smallest absolute Gasteiger partial charge is 0.232 e. The van der Waals surface area contributed by atoms with Gasteiger partial charge in [0.05, 0.1) is 13.2 Å². The predicted molar refractivity (Wildman–Crippen MR) is 75.1 cm³/mol. The number of carbonyl (C=O) groups excluding carboxylic acids is 2. The lowest BCUT2D eigenvalue weighted by atomic mass is 10.1. The number of amides is 2. The summed E-state index contributed by atoms with van der Waals surface area (Å²) < 4.78 is 18.5. The van der Waals surface area contributed by atoms with Gasteiger partial charge in [-0.15, -0.1) is 0 Å². The largest absolute Gasteiger partial charge is 0.378 e. The fraction of sp³-hybridized carbons (Fsp3) is 0.467. The highest BCUT2D eigenvalue weighted by Gasteiger charge is 2.19. The molecule has 2 amide bonds. The molecule has 1 aromatic carbocycles. The summed E-state index contributed by atoms with van der Waals surface area (Å²) in [4.78, 5) is 25.2. The van der Waals surface area contributed by atoms with Gasteiger partial charge in [0.15, 0.2) is 0 Å². The van der Waals surface area contributed by atoms with Crippen LogP contribution in [0.4, 0.5) is 4.39 Å². The number of hydrogen-bond donors (Lipinski definition) is 1. The molecule has 1 N–H and O–H groups in total. The summed E-state index contributed by atoms with van der Waals surface area (Å²) in [5.74, 6) is -0.805. The number of hydrogen-bond acceptors (Lipinski definition) is 3. The summed E-state index contributed by atoms with van der Waals surface area (Å²) in [7, 11) is 0. The molecule has 0 aromatic heterocycles. The van der Waals surface area contributed by atoms with Gasteiger partial charge in [-0.3, -0.25) is 9.59 Å². The van der Waals surface area contributed by atoms with Crippen LogP contribution in [0.5, 0.6) is 0 Å². The van der Waals surface area contributed by atoms with Crippen molar-refractivity contribution in [3.63, 3.8) is 0 Å². The predicted octanol–water partition coefficient (Wildman–Crippen LogP) is 0.733. The van der Waals surface area contributed by atoms with Crippen molar-refractivity contribution in [2.24, 2.45) is 0 Å². The standard InChI is InChI=1S/C15H19FN2O3/c16-13-4-2-1-3-12(13)5-6-17-14(19)11-15(20)18-7-9-21-10-8-18/h1-4H,5-11H2,(H,17,19). The molecule has 1 aliphatic heterocycles. The van der Waals surface area contributed by atoms with E-state index in [4.69, 9.17) is 4.74 Å². The Morgan fingerprint density at radius 2 is 1.95 bits per heavy atom. The third kappa shape index (κ3) is 4.82. The third-order valence-corrected chi connectivity index (χ3v) is 3.35. The molecule has 0 atom stereocenters. The molecular weight excluding hydrogens is 275 g/mol. The Bertz CT molecular complexity index is 501. The van der Waals surface area contributed by atoms with E-state index in [2.05, 4.69) is 5.32 Å². The second kappa shape index (κ2) is 7.73. The molecule has 1 saturated heterocycles. The van der Waals surface area contributed by atoms with Crippen LogP contribution >= 0.6 is 0 Å². The minimum atomic E-state index is -0.331. The van der Waals surface area contributed by atoms with Crippen LogP contribution in [0, 0.1) is 5.82 Å². The summed E-state index contributed by atoms with van der Waals surface area (Å²) in [6.07, 6.45) is 0.238. The van der Waals surface area contributed by atoms with Crippen LogP contribution in [0.2, 0.25) is 0 Å². The van der Waals surface area contributed by atoms with Gasteiger partial charge in [-0.2, -0.15) is 0 Å². The molecular formula is C15H19FN2O3. The van der Waals surface area contributed by atoms with Crippen molar-refractivity contribution in [2.45, 2.75) is 12.8 Å². The maximum absolute atomic E-state index is 13.4. The first kappa shape index (κ1) is 15.4. The second-order valence-electron chi connectivity index (χ2n) is 4.86. The van der Waals surface area contributed by atoms with Crippen LogP contribution in [0.1, 0.15) is 12.0 Å². The fourth-order valence-electron chi connectivity index (χ4n) is 2.16. The average molecular weight is 294 g/mol. The molecule has 1 aliphatic rings. The van der Waals surface area contributed by atoms with Crippen LogP contribution < -0.4 is 5.32 Å². The highest BCUT2D eigenvalue weighted by molar-refractivity contribution is 5.96. The third-order valence-electron chi connectivity index (χ3n) is 3.35.